The maximum absolute atomic E-state index is 12.2. The lowest BCUT2D eigenvalue weighted by molar-refractivity contribution is -0.141. The first-order chi connectivity index (χ1) is 8.00. The number of para-hydroxylation sites is 1. The van der Waals surface area contributed by atoms with Crippen molar-refractivity contribution in [2.24, 2.45) is 0 Å². The molecule has 4 nitrogen and oxygen atoms in total. The van der Waals surface area contributed by atoms with Gasteiger partial charge in [-0.05, 0) is 19.9 Å². The first kappa shape index (κ1) is 11.8. The van der Waals surface area contributed by atoms with E-state index in [1.54, 1.807) is 18.2 Å². The lowest BCUT2D eigenvalue weighted by Gasteiger charge is -2.21. The standard InChI is InChI=1S/C13H15NO3/c1-3-14-11-7-5-4-6-10(11)13(17,12(14)16)8-9(2)15/h4-7,17H,3,8H2,1-2H3. The van der Waals surface area contributed by atoms with Gasteiger partial charge in [-0.3, -0.25) is 9.59 Å². The van der Waals surface area contributed by atoms with Crippen molar-refractivity contribution in [3.8, 4) is 0 Å². The summed E-state index contributed by atoms with van der Waals surface area (Å²) in [6.45, 7) is 3.70. The van der Waals surface area contributed by atoms with Gasteiger partial charge in [-0.15, -0.1) is 0 Å². The van der Waals surface area contributed by atoms with Gasteiger partial charge in [-0.1, -0.05) is 18.2 Å². The van der Waals surface area contributed by atoms with Gasteiger partial charge in [0.2, 0.25) is 0 Å². The fourth-order valence-electron chi connectivity index (χ4n) is 2.35. The minimum Gasteiger partial charge on any atom is -0.375 e. The number of ketones is 1. The summed E-state index contributed by atoms with van der Waals surface area (Å²) in [5, 5.41) is 10.5. The number of fused-ring (bicyclic) bond motifs is 1. The number of hydrogen-bond donors (Lipinski definition) is 1. The molecule has 1 unspecified atom stereocenters. The molecule has 1 aromatic rings. The zero-order chi connectivity index (χ0) is 12.6. The number of amides is 1. The number of aliphatic hydroxyl groups is 1. The van der Waals surface area contributed by atoms with E-state index < -0.39 is 11.5 Å². The highest BCUT2D eigenvalue weighted by Crippen LogP contribution is 2.41. The number of carbonyl (C=O) groups excluding carboxylic acids is 2. The number of anilines is 1. The predicted molar refractivity (Wildman–Crippen MR) is 63.7 cm³/mol. The molecule has 1 heterocycles. The second-order valence-corrected chi connectivity index (χ2v) is 4.31. The van der Waals surface area contributed by atoms with E-state index in [1.807, 2.05) is 13.0 Å². The maximum Gasteiger partial charge on any atom is 0.264 e. The topological polar surface area (TPSA) is 57.6 Å². The molecule has 0 aliphatic carbocycles. The van der Waals surface area contributed by atoms with E-state index in [4.69, 9.17) is 0 Å². The molecule has 0 spiro atoms. The number of rotatable bonds is 3. The van der Waals surface area contributed by atoms with Crippen molar-refractivity contribution < 1.29 is 14.7 Å². The Labute approximate surface area is 99.9 Å². The summed E-state index contributed by atoms with van der Waals surface area (Å²) in [7, 11) is 0. The van der Waals surface area contributed by atoms with Gasteiger partial charge in [0.15, 0.2) is 5.60 Å². The summed E-state index contributed by atoms with van der Waals surface area (Å²) in [6, 6.07) is 7.06. The summed E-state index contributed by atoms with van der Waals surface area (Å²) in [6.07, 6.45) is -0.167. The van der Waals surface area contributed by atoms with E-state index in [0.29, 0.717) is 17.8 Å². The molecule has 0 fully saturated rings. The Morgan fingerprint density at radius 2 is 2.06 bits per heavy atom. The molecule has 1 amide bonds. The van der Waals surface area contributed by atoms with Crippen LogP contribution in [0.25, 0.3) is 0 Å². The van der Waals surface area contributed by atoms with Crippen LogP contribution in [0.5, 0.6) is 0 Å². The second-order valence-electron chi connectivity index (χ2n) is 4.31. The third-order valence-corrected chi connectivity index (χ3v) is 3.06. The molecule has 0 bridgehead atoms. The Morgan fingerprint density at radius 3 is 2.65 bits per heavy atom. The first-order valence-corrected chi connectivity index (χ1v) is 5.64. The minimum absolute atomic E-state index is 0.167. The largest absolute Gasteiger partial charge is 0.375 e. The van der Waals surface area contributed by atoms with Crippen molar-refractivity contribution in [1.29, 1.82) is 0 Å². The summed E-state index contributed by atoms with van der Waals surface area (Å²) >= 11 is 0. The molecule has 0 saturated carbocycles. The Bertz CT molecular complexity index is 483. The van der Waals surface area contributed by atoms with Crippen LogP contribution < -0.4 is 4.90 Å². The molecular weight excluding hydrogens is 218 g/mol. The first-order valence-electron chi connectivity index (χ1n) is 5.64. The normalized spacial score (nSPS) is 22.8. The van der Waals surface area contributed by atoms with Crippen LogP contribution in [-0.2, 0) is 15.2 Å². The maximum atomic E-state index is 12.2. The summed E-state index contributed by atoms with van der Waals surface area (Å²) in [5.41, 5.74) is -0.455. The third-order valence-electron chi connectivity index (χ3n) is 3.06. The zero-order valence-corrected chi connectivity index (χ0v) is 9.93. The number of benzene rings is 1. The highest BCUT2D eigenvalue weighted by atomic mass is 16.3. The van der Waals surface area contributed by atoms with Gasteiger partial charge in [0.05, 0.1) is 5.69 Å². The van der Waals surface area contributed by atoms with Crippen LogP contribution in [0.15, 0.2) is 24.3 Å². The zero-order valence-electron chi connectivity index (χ0n) is 9.93. The fraction of sp³-hybridized carbons (Fsp3) is 0.385. The number of nitrogens with zero attached hydrogens (tertiary/aromatic N) is 1. The van der Waals surface area contributed by atoms with Crippen LogP contribution in [0.4, 0.5) is 5.69 Å². The highest BCUT2D eigenvalue weighted by molar-refractivity contribution is 6.08. The van der Waals surface area contributed by atoms with Gasteiger partial charge in [0.1, 0.15) is 5.78 Å². The van der Waals surface area contributed by atoms with Gasteiger partial charge in [0, 0.05) is 18.5 Å². The van der Waals surface area contributed by atoms with Crippen LogP contribution in [0, 0.1) is 0 Å². The average Bonchev–Trinajstić information content (AvgIpc) is 2.48. The van der Waals surface area contributed by atoms with E-state index in [2.05, 4.69) is 0 Å². The molecule has 0 saturated heterocycles. The van der Waals surface area contributed by atoms with Crippen molar-refractivity contribution in [2.75, 3.05) is 11.4 Å². The Balaban J connectivity index is 2.55. The Morgan fingerprint density at radius 1 is 1.41 bits per heavy atom. The average molecular weight is 233 g/mol. The van der Waals surface area contributed by atoms with Crippen LogP contribution >= 0.6 is 0 Å². The van der Waals surface area contributed by atoms with Gasteiger partial charge in [-0.25, -0.2) is 0 Å². The van der Waals surface area contributed by atoms with Gasteiger partial charge >= 0.3 is 0 Å². The summed E-state index contributed by atoms with van der Waals surface area (Å²) < 4.78 is 0. The van der Waals surface area contributed by atoms with Gasteiger partial charge in [0.25, 0.3) is 5.91 Å². The van der Waals surface area contributed by atoms with Crippen molar-refractivity contribution in [3.63, 3.8) is 0 Å². The lowest BCUT2D eigenvalue weighted by atomic mass is 9.90. The Hall–Kier alpha value is -1.68. The number of carbonyl (C=O) groups is 2. The number of Topliss-reactive ketones (excluding diaryl/α,β-unsaturated/α-hetero) is 1. The minimum atomic E-state index is -1.68. The van der Waals surface area contributed by atoms with Crippen molar-refractivity contribution in [2.45, 2.75) is 25.9 Å². The van der Waals surface area contributed by atoms with Gasteiger partial charge in [-0.2, -0.15) is 0 Å². The smallest absolute Gasteiger partial charge is 0.264 e. The monoisotopic (exact) mass is 233 g/mol. The number of likely N-dealkylation sites (N-methyl/N-ethyl adjacent to an activating group) is 1. The van der Waals surface area contributed by atoms with Crippen molar-refractivity contribution in [3.05, 3.63) is 29.8 Å². The molecular formula is C13H15NO3. The Kier molecular flexibility index (Phi) is 2.75. The van der Waals surface area contributed by atoms with Crippen LogP contribution in [0.3, 0.4) is 0 Å². The van der Waals surface area contributed by atoms with Gasteiger partial charge < -0.3 is 10.0 Å². The number of hydrogen-bond acceptors (Lipinski definition) is 3. The van der Waals surface area contributed by atoms with Crippen molar-refractivity contribution in [1.82, 2.24) is 0 Å². The van der Waals surface area contributed by atoms with Crippen molar-refractivity contribution >= 4 is 17.4 Å². The van der Waals surface area contributed by atoms with E-state index in [-0.39, 0.29) is 12.2 Å². The molecule has 1 aliphatic rings. The molecule has 90 valence electrons. The predicted octanol–water partition coefficient (Wildman–Crippen LogP) is 1.22. The molecule has 2 rings (SSSR count). The molecule has 17 heavy (non-hydrogen) atoms. The lowest BCUT2D eigenvalue weighted by Crippen LogP contribution is -2.41. The molecule has 1 atom stereocenters. The summed E-state index contributed by atoms with van der Waals surface area (Å²) in [5.74, 6) is -0.606. The van der Waals surface area contributed by atoms with Crippen LogP contribution in [0.1, 0.15) is 25.8 Å². The molecule has 0 aromatic heterocycles. The van der Waals surface area contributed by atoms with E-state index in [9.17, 15) is 14.7 Å². The fourth-order valence-corrected chi connectivity index (χ4v) is 2.35. The molecule has 4 heteroatoms. The molecule has 0 radical (unpaired) electrons. The van der Waals surface area contributed by atoms with Crippen LogP contribution in [-0.4, -0.2) is 23.3 Å². The van der Waals surface area contributed by atoms with Crippen LogP contribution in [0.2, 0.25) is 0 Å². The quantitative estimate of drug-likeness (QED) is 0.854. The third kappa shape index (κ3) is 1.65. The molecule has 1 aliphatic heterocycles. The second kappa shape index (κ2) is 3.96. The highest BCUT2D eigenvalue weighted by Gasteiger charge is 2.49. The van der Waals surface area contributed by atoms with E-state index in [1.165, 1.54) is 11.8 Å². The molecule has 1 N–H and O–H groups in total. The molecule has 1 aromatic carbocycles. The van der Waals surface area contributed by atoms with E-state index in [0.717, 1.165) is 0 Å². The van der Waals surface area contributed by atoms with E-state index >= 15 is 0 Å². The SMILES string of the molecule is CCN1C(=O)C(O)(CC(C)=O)c2ccccc21. The summed E-state index contributed by atoms with van der Waals surface area (Å²) in [4.78, 5) is 24.9.